The quantitative estimate of drug-likeness (QED) is 0.660. The molecule has 2 aliphatic rings. The summed E-state index contributed by atoms with van der Waals surface area (Å²) in [7, 11) is -2.11. The van der Waals surface area contributed by atoms with Crippen molar-refractivity contribution in [1.82, 2.24) is 9.80 Å². The lowest BCUT2D eigenvalue weighted by molar-refractivity contribution is -0.130. The number of fused-ring (bicyclic) bond motifs is 1. The van der Waals surface area contributed by atoms with Crippen LogP contribution in [0.2, 0.25) is 0 Å². The van der Waals surface area contributed by atoms with Crippen LogP contribution in [0.4, 0.5) is 0 Å². The molecule has 0 bridgehead atoms. The molecule has 0 atom stereocenters. The molecule has 0 spiro atoms. The molecule has 2 N–H and O–H groups in total. The fourth-order valence-corrected chi connectivity index (χ4v) is 5.06. The first kappa shape index (κ1) is 23.0. The normalized spacial score (nSPS) is 15.7. The van der Waals surface area contributed by atoms with Gasteiger partial charge in [-0.15, -0.1) is 0 Å². The summed E-state index contributed by atoms with van der Waals surface area (Å²) in [5.41, 5.74) is 2.56. The van der Waals surface area contributed by atoms with Crippen molar-refractivity contribution in [3.05, 3.63) is 81.4 Å². The number of hydrogen-bond acceptors (Lipinski definition) is 6. The van der Waals surface area contributed by atoms with Crippen molar-refractivity contribution in [3.8, 4) is 17.6 Å². The van der Waals surface area contributed by atoms with Crippen LogP contribution in [-0.2, 0) is 27.8 Å². The maximum absolute atomic E-state index is 12.9. The maximum atomic E-state index is 12.9. The monoisotopic (exact) mass is 481 g/mol. The number of benzene rings is 2. The number of carbonyl (C=O) groups is 1. The van der Waals surface area contributed by atoms with E-state index in [4.69, 9.17) is 9.88 Å². The van der Waals surface area contributed by atoms with E-state index in [1.807, 2.05) is 42.3 Å². The Hall–Kier alpha value is -3.19. The molecule has 0 radical (unpaired) electrons. The molecule has 33 heavy (non-hydrogen) atoms. The molecule has 4 rings (SSSR count). The molecule has 2 heterocycles. The van der Waals surface area contributed by atoms with E-state index in [1.165, 1.54) is 23.9 Å². The predicted molar refractivity (Wildman–Crippen MR) is 128 cm³/mol. The summed E-state index contributed by atoms with van der Waals surface area (Å²) in [6, 6.07) is 14.1. The predicted octanol–water partition coefficient (Wildman–Crippen LogP) is 3.01. The van der Waals surface area contributed by atoms with E-state index in [0.29, 0.717) is 25.2 Å². The van der Waals surface area contributed by atoms with Crippen LogP contribution in [0.5, 0.6) is 5.75 Å². The van der Waals surface area contributed by atoms with E-state index < -0.39 is 10.0 Å². The number of thioether (sulfide) groups is 1. The molecule has 0 fully saturated rings. The SMILES string of the molecule is COc1cccc(CC#CC2=CN3CN(Cc4ccc(S(N)(=O)=O)cc4)C(=O)C(C)=C3S2)c1. The highest BCUT2D eigenvalue weighted by atomic mass is 32.2. The second kappa shape index (κ2) is 9.35. The third-order valence-corrected chi connectivity index (χ3v) is 7.35. The first-order chi connectivity index (χ1) is 15.7. The Morgan fingerprint density at radius 3 is 2.61 bits per heavy atom. The highest BCUT2D eigenvalue weighted by molar-refractivity contribution is 8.07. The smallest absolute Gasteiger partial charge is 0.253 e. The van der Waals surface area contributed by atoms with Crippen molar-refractivity contribution in [2.24, 2.45) is 5.14 Å². The average Bonchev–Trinajstić information content (AvgIpc) is 3.20. The van der Waals surface area contributed by atoms with Crippen LogP contribution in [0, 0.1) is 11.8 Å². The Morgan fingerprint density at radius 1 is 1.15 bits per heavy atom. The Labute approximate surface area is 197 Å². The Kier molecular flexibility index (Phi) is 6.51. The third kappa shape index (κ3) is 5.25. The summed E-state index contributed by atoms with van der Waals surface area (Å²) in [5, 5.41) is 6.05. The molecule has 0 saturated carbocycles. The number of nitrogens with zero attached hydrogens (tertiary/aromatic N) is 2. The summed E-state index contributed by atoms with van der Waals surface area (Å²) in [4.78, 5) is 17.6. The van der Waals surface area contributed by atoms with Gasteiger partial charge in [-0.1, -0.05) is 47.9 Å². The summed E-state index contributed by atoms with van der Waals surface area (Å²) in [5.74, 6) is 7.15. The lowest BCUT2D eigenvalue weighted by Gasteiger charge is -2.34. The van der Waals surface area contributed by atoms with Crippen molar-refractivity contribution in [3.63, 3.8) is 0 Å². The van der Waals surface area contributed by atoms with E-state index in [0.717, 1.165) is 26.8 Å². The van der Waals surface area contributed by atoms with Gasteiger partial charge in [-0.3, -0.25) is 4.79 Å². The van der Waals surface area contributed by atoms with Gasteiger partial charge in [-0.25, -0.2) is 13.6 Å². The molecule has 0 aromatic heterocycles. The van der Waals surface area contributed by atoms with Crippen LogP contribution in [0.1, 0.15) is 18.1 Å². The first-order valence-electron chi connectivity index (χ1n) is 10.1. The van der Waals surface area contributed by atoms with Crippen molar-refractivity contribution in [2.75, 3.05) is 13.8 Å². The fraction of sp³-hybridized carbons (Fsp3) is 0.208. The minimum absolute atomic E-state index is 0.0469. The molecule has 2 aromatic rings. The third-order valence-electron chi connectivity index (χ3n) is 5.26. The summed E-state index contributed by atoms with van der Waals surface area (Å²) >= 11 is 1.50. The second-order valence-corrected chi connectivity index (χ2v) is 10.3. The van der Waals surface area contributed by atoms with Crippen molar-refractivity contribution >= 4 is 27.7 Å². The molecule has 2 aromatic carbocycles. The summed E-state index contributed by atoms with van der Waals surface area (Å²) < 4.78 is 28.1. The number of methoxy groups -OCH3 is 1. The summed E-state index contributed by atoms with van der Waals surface area (Å²) in [6.07, 6.45) is 2.57. The number of amides is 1. The zero-order chi connectivity index (χ0) is 23.6. The van der Waals surface area contributed by atoms with E-state index in [1.54, 1.807) is 24.1 Å². The van der Waals surface area contributed by atoms with Gasteiger partial charge in [-0.2, -0.15) is 0 Å². The van der Waals surface area contributed by atoms with Crippen LogP contribution in [-0.4, -0.2) is 37.9 Å². The van der Waals surface area contributed by atoms with Crippen LogP contribution < -0.4 is 9.88 Å². The lowest BCUT2D eigenvalue weighted by Crippen LogP contribution is -2.42. The molecule has 170 valence electrons. The molecular weight excluding hydrogens is 458 g/mol. The average molecular weight is 482 g/mol. The van der Waals surface area contributed by atoms with Crippen LogP contribution >= 0.6 is 11.8 Å². The maximum Gasteiger partial charge on any atom is 0.253 e. The van der Waals surface area contributed by atoms with E-state index >= 15 is 0 Å². The van der Waals surface area contributed by atoms with Gasteiger partial charge >= 0.3 is 0 Å². The molecule has 9 heteroatoms. The van der Waals surface area contributed by atoms with Gasteiger partial charge in [0.2, 0.25) is 10.0 Å². The number of nitrogens with two attached hydrogens (primary N) is 1. The van der Waals surface area contributed by atoms with Gasteiger partial charge in [-0.05, 0) is 42.3 Å². The number of hydrogen-bond donors (Lipinski definition) is 1. The highest BCUT2D eigenvalue weighted by Crippen LogP contribution is 2.40. The van der Waals surface area contributed by atoms with Gasteiger partial charge in [0.05, 0.1) is 28.6 Å². The van der Waals surface area contributed by atoms with Crippen molar-refractivity contribution in [1.29, 1.82) is 0 Å². The molecule has 7 nitrogen and oxygen atoms in total. The molecule has 0 aliphatic carbocycles. The van der Waals surface area contributed by atoms with Gasteiger partial charge < -0.3 is 14.5 Å². The van der Waals surface area contributed by atoms with Crippen LogP contribution in [0.15, 0.2) is 75.1 Å². The molecular formula is C24H23N3O4S2. The standard InChI is InChI=1S/C24H23N3O4S2/c1-17-23(28)26(14-19-9-11-22(12-10-19)33(25,29)30)16-27-15-21(32-24(17)27)8-4-6-18-5-3-7-20(13-18)31-2/h3,5,7,9-13,15H,6,14,16H2,1-2H3,(H2,25,29,30). The Morgan fingerprint density at radius 2 is 1.91 bits per heavy atom. The molecule has 0 unspecified atom stereocenters. The fourth-order valence-electron chi connectivity index (χ4n) is 3.56. The lowest BCUT2D eigenvalue weighted by atomic mass is 10.1. The highest BCUT2D eigenvalue weighted by Gasteiger charge is 2.32. The molecule has 2 aliphatic heterocycles. The van der Waals surface area contributed by atoms with Crippen molar-refractivity contribution in [2.45, 2.75) is 24.8 Å². The van der Waals surface area contributed by atoms with Crippen molar-refractivity contribution < 1.29 is 17.9 Å². The Balaban J connectivity index is 1.45. The minimum Gasteiger partial charge on any atom is -0.497 e. The van der Waals surface area contributed by atoms with Crippen LogP contribution in [0.3, 0.4) is 0 Å². The molecule has 0 saturated heterocycles. The van der Waals surface area contributed by atoms with E-state index in [2.05, 4.69) is 11.8 Å². The number of rotatable bonds is 5. The van der Waals surface area contributed by atoms with Gasteiger partial charge in [0.1, 0.15) is 5.75 Å². The number of primary sulfonamides is 1. The van der Waals surface area contributed by atoms with Gasteiger partial charge in [0.15, 0.2) is 0 Å². The zero-order valence-corrected chi connectivity index (χ0v) is 19.9. The van der Waals surface area contributed by atoms with E-state index in [-0.39, 0.29) is 10.8 Å². The second-order valence-electron chi connectivity index (χ2n) is 7.66. The Bertz CT molecular complexity index is 1320. The topological polar surface area (TPSA) is 92.9 Å². The van der Waals surface area contributed by atoms with Gasteiger partial charge in [0, 0.05) is 24.7 Å². The number of carbonyl (C=O) groups excluding carboxylic acids is 1. The summed E-state index contributed by atoms with van der Waals surface area (Å²) in [6.45, 7) is 2.57. The van der Waals surface area contributed by atoms with Crippen LogP contribution in [0.25, 0.3) is 0 Å². The first-order valence-corrected chi connectivity index (χ1v) is 12.5. The van der Waals surface area contributed by atoms with E-state index in [9.17, 15) is 13.2 Å². The number of allylic oxidation sites excluding steroid dienone is 1. The molecule has 1 amide bonds. The number of sulfonamides is 1. The largest absolute Gasteiger partial charge is 0.497 e. The van der Waals surface area contributed by atoms with Gasteiger partial charge in [0.25, 0.3) is 5.91 Å². The zero-order valence-electron chi connectivity index (χ0n) is 18.2. The number of ether oxygens (including phenoxy) is 1. The minimum atomic E-state index is -3.75.